The molecule has 0 spiro atoms. The summed E-state index contributed by atoms with van der Waals surface area (Å²) in [6, 6.07) is 11.4. The van der Waals surface area contributed by atoms with Crippen LogP contribution >= 0.6 is 23.2 Å². The van der Waals surface area contributed by atoms with Crippen molar-refractivity contribution in [3.63, 3.8) is 0 Å². The Hall–Kier alpha value is -2.34. The van der Waals surface area contributed by atoms with Gasteiger partial charge in [-0.25, -0.2) is 0 Å². The number of Topliss-reactive ketones (excluding diaryl/α,β-unsaturated/α-hetero) is 1. The van der Waals surface area contributed by atoms with Crippen LogP contribution < -0.4 is 0 Å². The minimum absolute atomic E-state index is 0.0618. The number of aliphatic hydroxyl groups is 1. The lowest BCUT2D eigenvalue weighted by Crippen LogP contribution is -2.38. The van der Waals surface area contributed by atoms with E-state index in [0.29, 0.717) is 34.3 Å². The van der Waals surface area contributed by atoms with E-state index in [1.807, 2.05) is 32.9 Å². The predicted molar refractivity (Wildman–Crippen MR) is 124 cm³/mol. The lowest BCUT2D eigenvalue weighted by atomic mass is 9.95. The Morgan fingerprint density at radius 2 is 1.68 bits per heavy atom. The number of likely N-dealkylation sites (N-methyl/N-ethyl adjacent to an activating group) is 1. The molecule has 1 fully saturated rings. The number of amides is 1. The van der Waals surface area contributed by atoms with E-state index < -0.39 is 17.7 Å². The fourth-order valence-corrected chi connectivity index (χ4v) is 4.10. The molecule has 1 saturated heterocycles. The van der Waals surface area contributed by atoms with E-state index in [-0.39, 0.29) is 11.3 Å². The van der Waals surface area contributed by atoms with Gasteiger partial charge in [0.2, 0.25) is 0 Å². The molecule has 1 heterocycles. The van der Waals surface area contributed by atoms with Crippen molar-refractivity contribution in [2.45, 2.75) is 26.8 Å². The second kappa shape index (κ2) is 9.86. The Morgan fingerprint density at radius 3 is 2.26 bits per heavy atom. The maximum atomic E-state index is 13.0. The lowest BCUT2D eigenvalue weighted by molar-refractivity contribution is -0.140. The van der Waals surface area contributed by atoms with Crippen LogP contribution in [0.25, 0.3) is 5.76 Å². The third-order valence-electron chi connectivity index (χ3n) is 5.68. The van der Waals surface area contributed by atoms with Gasteiger partial charge in [-0.2, -0.15) is 0 Å². The zero-order valence-electron chi connectivity index (χ0n) is 17.9. The van der Waals surface area contributed by atoms with Crippen molar-refractivity contribution in [2.75, 3.05) is 26.2 Å². The zero-order valence-corrected chi connectivity index (χ0v) is 19.4. The molecular formula is C24H26Cl2N2O3. The summed E-state index contributed by atoms with van der Waals surface area (Å²) in [6.45, 7) is 8.66. The summed E-state index contributed by atoms with van der Waals surface area (Å²) in [5, 5.41) is 11.8. The first-order valence-corrected chi connectivity index (χ1v) is 11.1. The van der Waals surface area contributed by atoms with E-state index in [0.717, 1.165) is 18.7 Å². The standard InChI is InChI=1S/C24H26Cl2N2O3/c1-4-27(5-2)12-13-28-21(17-10-11-18(25)19(26)14-17)20(23(30)24(28)31)22(29)16-8-6-15(3)7-9-16/h6-11,14,21,29H,4-5,12-13H2,1-3H3/t21-/m0/s1. The van der Waals surface area contributed by atoms with Crippen LogP contribution in [0.2, 0.25) is 10.0 Å². The monoisotopic (exact) mass is 460 g/mol. The maximum Gasteiger partial charge on any atom is 0.295 e. The van der Waals surface area contributed by atoms with E-state index >= 15 is 0 Å². The predicted octanol–water partition coefficient (Wildman–Crippen LogP) is 5.07. The van der Waals surface area contributed by atoms with E-state index in [1.54, 1.807) is 30.3 Å². The minimum Gasteiger partial charge on any atom is -0.507 e. The molecule has 1 atom stereocenters. The van der Waals surface area contributed by atoms with Crippen LogP contribution in [-0.2, 0) is 9.59 Å². The first-order chi connectivity index (χ1) is 14.8. The number of nitrogens with zero attached hydrogens (tertiary/aromatic N) is 2. The van der Waals surface area contributed by atoms with Gasteiger partial charge in [-0.05, 0) is 37.7 Å². The second-order valence-corrected chi connectivity index (χ2v) is 8.37. The van der Waals surface area contributed by atoms with Crippen molar-refractivity contribution in [3.8, 4) is 0 Å². The highest BCUT2D eigenvalue weighted by molar-refractivity contribution is 6.46. The Kier molecular flexibility index (Phi) is 7.42. The summed E-state index contributed by atoms with van der Waals surface area (Å²) in [5.41, 5.74) is 2.20. The average Bonchev–Trinajstić information content (AvgIpc) is 3.01. The van der Waals surface area contributed by atoms with Gasteiger partial charge < -0.3 is 14.9 Å². The molecule has 2 aromatic carbocycles. The van der Waals surface area contributed by atoms with Crippen molar-refractivity contribution in [2.24, 2.45) is 0 Å². The van der Waals surface area contributed by atoms with Crippen LogP contribution in [0.4, 0.5) is 0 Å². The molecular weight excluding hydrogens is 435 g/mol. The van der Waals surface area contributed by atoms with Gasteiger partial charge in [-0.3, -0.25) is 9.59 Å². The van der Waals surface area contributed by atoms with Gasteiger partial charge in [0, 0.05) is 18.7 Å². The van der Waals surface area contributed by atoms with E-state index in [9.17, 15) is 14.7 Å². The molecule has 0 saturated carbocycles. The van der Waals surface area contributed by atoms with Gasteiger partial charge in [0.1, 0.15) is 5.76 Å². The molecule has 1 N–H and O–H groups in total. The second-order valence-electron chi connectivity index (χ2n) is 7.56. The fraction of sp³-hybridized carbons (Fsp3) is 0.333. The molecule has 1 aliphatic heterocycles. The zero-order chi connectivity index (χ0) is 22.7. The average molecular weight is 461 g/mol. The number of ketones is 1. The van der Waals surface area contributed by atoms with Crippen LogP contribution in [-0.4, -0.2) is 52.8 Å². The number of halogens is 2. The van der Waals surface area contributed by atoms with Gasteiger partial charge in [-0.15, -0.1) is 0 Å². The van der Waals surface area contributed by atoms with Crippen LogP contribution in [0.5, 0.6) is 0 Å². The van der Waals surface area contributed by atoms with E-state index in [2.05, 4.69) is 4.90 Å². The number of hydrogen-bond donors (Lipinski definition) is 1. The highest BCUT2D eigenvalue weighted by Crippen LogP contribution is 2.40. The molecule has 0 radical (unpaired) electrons. The SMILES string of the molecule is CCN(CC)CCN1C(=O)C(=O)C(=C(O)c2ccc(C)cc2)[C@@H]1c1ccc(Cl)c(Cl)c1. The van der Waals surface area contributed by atoms with Gasteiger partial charge in [0.05, 0.1) is 21.7 Å². The van der Waals surface area contributed by atoms with Crippen LogP contribution in [0, 0.1) is 6.92 Å². The van der Waals surface area contributed by atoms with Crippen molar-refractivity contribution in [3.05, 3.63) is 74.8 Å². The lowest BCUT2D eigenvalue weighted by Gasteiger charge is -2.28. The van der Waals surface area contributed by atoms with Crippen molar-refractivity contribution < 1.29 is 14.7 Å². The smallest absolute Gasteiger partial charge is 0.295 e. The minimum atomic E-state index is -0.744. The number of rotatable bonds is 7. The highest BCUT2D eigenvalue weighted by atomic mass is 35.5. The highest BCUT2D eigenvalue weighted by Gasteiger charge is 2.46. The molecule has 3 rings (SSSR count). The summed E-state index contributed by atoms with van der Waals surface area (Å²) in [4.78, 5) is 29.7. The quantitative estimate of drug-likeness (QED) is 0.356. The maximum absolute atomic E-state index is 13.0. The Labute approximate surface area is 192 Å². The van der Waals surface area contributed by atoms with Crippen LogP contribution in [0.3, 0.4) is 0 Å². The number of benzene rings is 2. The third kappa shape index (κ3) is 4.79. The molecule has 7 heteroatoms. The molecule has 0 aromatic heterocycles. The van der Waals surface area contributed by atoms with Crippen LogP contribution in [0.1, 0.15) is 36.6 Å². The normalized spacial score (nSPS) is 18.3. The van der Waals surface area contributed by atoms with Crippen molar-refractivity contribution >= 4 is 40.7 Å². The number of hydrogen-bond acceptors (Lipinski definition) is 4. The largest absolute Gasteiger partial charge is 0.507 e. The number of aliphatic hydroxyl groups excluding tert-OH is 1. The Bertz CT molecular complexity index is 1010. The molecule has 1 aliphatic rings. The molecule has 0 bridgehead atoms. The molecule has 31 heavy (non-hydrogen) atoms. The first-order valence-electron chi connectivity index (χ1n) is 10.3. The summed E-state index contributed by atoms with van der Waals surface area (Å²) in [5.74, 6) is -1.52. The molecule has 5 nitrogen and oxygen atoms in total. The third-order valence-corrected chi connectivity index (χ3v) is 6.41. The summed E-state index contributed by atoms with van der Waals surface area (Å²) < 4.78 is 0. The summed E-state index contributed by atoms with van der Waals surface area (Å²) >= 11 is 12.3. The molecule has 0 unspecified atom stereocenters. The molecule has 164 valence electrons. The Morgan fingerprint density at radius 1 is 1.03 bits per heavy atom. The van der Waals surface area contributed by atoms with E-state index in [1.165, 1.54) is 4.90 Å². The first kappa shape index (κ1) is 23.3. The van der Waals surface area contributed by atoms with Gasteiger partial charge >= 0.3 is 0 Å². The number of carbonyl (C=O) groups excluding carboxylic acids is 2. The molecule has 0 aliphatic carbocycles. The van der Waals surface area contributed by atoms with Crippen molar-refractivity contribution in [1.82, 2.24) is 9.80 Å². The van der Waals surface area contributed by atoms with Crippen LogP contribution in [0.15, 0.2) is 48.0 Å². The van der Waals surface area contributed by atoms with Crippen molar-refractivity contribution in [1.29, 1.82) is 0 Å². The molecule has 2 aromatic rings. The van der Waals surface area contributed by atoms with E-state index in [4.69, 9.17) is 23.2 Å². The number of carbonyl (C=O) groups is 2. The summed E-state index contributed by atoms with van der Waals surface area (Å²) in [6.07, 6.45) is 0. The topological polar surface area (TPSA) is 60.9 Å². The number of aryl methyl sites for hydroxylation is 1. The number of likely N-dealkylation sites (tertiary alicyclic amines) is 1. The summed E-state index contributed by atoms with van der Waals surface area (Å²) in [7, 11) is 0. The van der Waals surface area contributed by atoms with Gasteiger partial charge in [0.25, 0.3) is 11.7 Å². The fourth-order valence-electron chi connectivity index (χ4n) is 3.80. The molecule has 1 amide bonds. The van der Waals surface area contributed by atoms with Gasteiger partial charge in [-0.1, -0.05) is 72.9 Å². The Balaban J connectivity index is 2.12. The van der Waals surface area contributed by atoms with Gasteiger partial charge in [0.15, 0.2) is 0 Å².